The molecule has 0 N–H and O–H groups in total. The van der Waals surface area contributed by atoms with E-state index in [-0.39, 0.29) is 17.2 Å². The van der Waals surface area contributed by atoms with Crippen molar-refractivity contribution in [2.45, 2.75) is 23.8 Å². The number of alkyl halides is 5. The molecule has 0 amide bonds. The first kappa shape index (κ1) is 19.8. The highest BCUT2D eigenvalue weighted by Gasteiger charge is 2.61. The van der Waals surface area contributed by atoms with Crippen LogP contribution < -0.4 is 0 Å². The zero-order valence-electron chi connectivity index (χ0n) is 14.5. The van der Waals surface area contributed by atoms with E-state index >= 15 is 0 Å². The minimum atomic E-state index is -6.57. The third kappa shape index (κ3) is 3.00. The summed E-state index contributed by atoms with van der Waals surface area (Å²) in [6.45, 7) is 0. The van der Waals surface area contributed by atoms with Gasteiger partial charge in [0.1, 0.15) is 0 Å². The van der Waals surface area contributed by atoms with Crippen molar-refractivity contribution in [1.29, 1.82) is 0 Å². The van der Waals surface area contributed by atoms with E-state index in [1.807, 2.05) is 0 Å². The van der Waals surface area contributed by atoms with Gasteiger partial charge in [-0.2, -0.15) is 22.0 Å². The number of benzene rings is 3. The van der Waals surface area contributed by atoms with E-state index in [0.717, 1.165) is 23.3 Å². The highest BCUT2D eigenvalue weighted by molar-refractivity contribution is 7.86. The van der Waals surface area contributed by atoms with Gasteiger partial charge in [0, 0.05) is 0 Å². The SMILES string of the molecule is O=S(=O)([O-])C(F)(F)C(c1cccc2ccc3c(c12)Cc1ccccc1-3)C(F)(F)F. The Morgan fingerprint density at radius 2 is 1.55 bits per heavy atom. The lowest BCUT2D eigenvalue weighted by Crippen LogP contribution is -2.43. The Bertz CT molecular complexity index is 1230. The maximum atomic E-state index is 14.3. The number of fused-ring (bicyclic) bond motifs is 5. The van der Waals surface area contributed by atoms with Crippen LogP contribution >= 0.6 is 0 Å². The predicted octanol–water partition coefficient (Wildman–Crippen LogP) is 5.19. The van der Waals surface area contributed by atoms with Crippen LogP contribution in [0.3, 0.4) is 0 Å². The second-order valence-electron chi connectivity index (χ2n) is 6.86. The molecule has 3 nitrogen and oxygen atoms in total. The molecule has 0 saturated heterocycles. The molecular weight excluding hydrogens is 415 g/mol. The van der Waals surface area contributed by atoms with Crippen LogP contribution in [0.5, 0.6) is 0 Å². The molecule has 29 heavy (non-hydrogen) atoms. The Labute approximate surface area is 162 Å². The number of halogens is 5. The lowest BCUT2D eigenvalue weighted by atomic mass is 9.88. The molecular formula is C20H12F5O3S-. The summed E-state index contributed by atoms with van der Waals surface area (Å²) in [5.41, 5.74) is 1.65. The molecule has 1 atom stereocenters. The monoisotopic (exact) mass is 427 g/mol. The highest BCUT2D eigenvalue weighted by Crippen LogP contribution is 2.51. The molecule has 4 rings (SSSR count). The first-order valence-electron chi connectivity index (χ1n) is 8.45. The van der Waals surface area contributed by atoms with Crippen LogP contribution in [-0.4, -0.2) is 24.4 Å². The molecule has 0 aliphatic heterocycles. The van der Waals surface area contributed by atoms with Crippen LogP contribution in [0.2, 0.25) is 0 Å². The van der Waals surface area contributed by atoms with Crippen molar-refractivity contribution in [2.24, 2.45) is 0 Å². The minimum absolute atomic E-state index is 0.105. The zero-order chi connectivity index (χ0) is 21.2. The van der Waals surface area contributed by atoms with Crippen LogP contribution in [0, 0.1) is 0 Å². The van der Waals surface area contributed by atoms with Crippen LogP contribution in [0.4, 0.5) is 22.0 Å². The molecule has 0 spiro atoms. The van der Waals surface area contributed by atoms with Crippen molar-refractivity contribution in [3.8, 4) is 11.1 Å². The molecule has 0 bridgehead atoms. The van der Waals surface area contributed by atoms with Crippen molar-refractivity contribution in [3.05, 3.63) is 71.3 Å². The molecule has 1 unspecified atom stereocenters. The summed E-state index contributed by atoms with van der Waals surface area (Å²) in [5.74, 6) is -3.78. The molecule has 0 heterocycles. The van der Waals surface area contributed by atoms with E-state index in [2.05, 4.69) is 0 Å². The van der Waals surface area contributed by atoms with Crippen molar-refractivity contribution in [1.82, 2.24) is 0 Å². The van der Waals surface area contributed by atoms with Gasteiger partial charge in [0.25, 0.3) is 0 Å². The van der Waals surface area contributed by atoms with Gasteiger partial charge in [-0.1, -0.05) is 54.6 Å². The molecule has 1 aliphatic rings. The van der Waals surface area contributed by atoms with Gasteiger partial charge < -0.3 is 4.55 Å². The lowest BCUT2D eigenvalue weighted by Gasteiger charge is -2.31. The van der Waals surface area contributed by atoms with E-state index in [1.54, 1.807) is 30.3 Å². The summed E-state index contributed by atoms with van der Waals surface area (Å²) in [5, 5.41) is -5.41. The second kappa shape index (κ2) is 6.24. The van der Waals surface area contributed by atoms with Gasteiger partial charge in [0.15, 0.2) is 16.0 Å². The number of rotatable bonds is 3. The fourth-order valence-electron chi connectivity index (χ4n) is 3.98. The normalized spacial score (nSPS) is 15.2. The van der Waals surface area contributed by atoms with Crippen molar-refractivity contribution >= 4 is 20.9 Å². The van der Waals surface area contributed by atoms with Gasteiger partial charge >= 0.3 is 11.4 Å². The summed E-state index contributed by atoms with van der Waals surface area (Å²) in [7, 11) is -6.57. The Balaban J connectivity index is 2.06. The van der Waals surface area contributed by atoms with Gasteiger partial charge in [-0.25, -0.2) is 8.42 Å². The maximum absolute atomic E-state index is 14.3. The van der Waals surface area contributed by atoms with Crippen molar-refractivity contribution in [3.63, 3.8) is 0 Å². The van der Waals surface area contributed by atoms with Crippen LogP contribution in [0.15, 0.2) is 54.6 Å². The fourth-order valence-corrected chi connectivity index (χ4v) is 4.53. The Morgan fingerprint density at radius 1 is 0.862 bits per heavy atom. The average molecular weight is 427 g/mol. The summed E-state index contributed by atoms with van der Waals surface area (Å²) in [6, 6.07) is 13.6. The predicted molar refractivity (Wildman–Crippen MR) is 95.6 cm³/mol. The van der Waals surface area contributed by atoms with Gasteiger partial charge in [0.05, 0.1) is 0 Å². The Morgan fingerprint density at radius 3 is 2.21 bits per heavy atom. The fraction of sp³-hybridized carbons (Fsp3) is 0.200. The molecule has 3 aromatic carbocycles. The molecule has 0 radical (unpaired) electrons. The third-order valence-corrected chi connectivity index (χ3v) is 6.07. The molecule has 1 aliphatic carbocycles. The third-order valence-electron chi connectivity index (χ3n) is 5.17. The Kier molecular flexibility index (Phi) is 4.25. The van der Waals surface area contributed by atoms with Crippen LogP contribution in [0.1, 0.15) is 22.6 Å². The van der Waals surface area contributed by atoms with Gasteiger partial charge in [0.2, 0.25) is 0 Å². The van der Waals surface area contributed by atoms with Crippen molar-refractivity contribution in [2.75, 3.05) is 0 Å². The van der Waals surface area contributed by atoms with Crippen LogP contribution in [0.25, 0.3) is 21.9 Å². The minimum Gasteiger partial charge on any atom is -0.743 e. The van der Waals surface area contributed by atoms with E-state index in [0.29, 0.717) is 11.1 Å². The summed E-state index contributed by atoms with van der Waals surface area (Å²) in [6.07, 6.45) is -5.45. The van der Waals surface area contributed by atoms with Gasteiger partial charge in [-0.15, -0.1) is 0 Å². The van der Waals surface area contributed by atoms with Gasteiger partial charge in [-0.05, 0) is 45.0 Å². The molecule has 152 valence electrons. The first-order chi connectivity index (χ1) is 13.4. The number of hydrogen-bond acceptors (Lipinski definition) is 3. The molecule has 3 aromatic rings. The van der Waals surface area contributed by atoms with E-state index in [9.17, 15) is 34.9 Å². The maximum Gasteiger partial charge on any atom is 0.402 e. The molecule has 0 aromatic heterocycles. The summed E-state index contributed by atoms with van der Waals surface area (Å²) >= 11 is 0. The average Bonchev–Trinajstić information content (AvgIpc) is 2.98. The molecule has 0 fully saturated rings. The molecule has 9 heteroatoms. The topological polar surface area (TPSA) is 57.2 Å². The summed E-state index contributed by atoms with van der Waals surface area (Å²) in [4.78, 5) is 0. The highest BCUT2D eigenvalue weighted by atomic mass is 32.2. The van der Waals surface area contributed by atoms with E-state index < -0.39 is 33.0 Å². The Hall–Kier alpha value is -2.52. The van der Waals surface area contributed by atoms with E-state index in [1.165, 1.54) is 12.1 Å². The smallest absolute Gasteiger partial charge is 0.402 e. The second-order valence-corrected chi connectivity index (χ2v) is 8.31. The first-order valence-corrected chi connectivity index (χ1v) is 9.86. The quantitative estimate of drug-likeness (QED) is 0.334. The van der Waals surface area contributed by atoms with Crippen molar-refractivity contribution < 1.29 is 34.9 Å². The van der Waals surface area contributed by atoms with E-state index in [4.69, 9.17) is 0 Å². The summed E-state index contributed by atoms with van der Waals surface area (Å²) < 4.78 is 103. The zero-order valence-corrected chi connectivity index (χ0v) is 15.3. The van der Waals surface area contributed by atoms with Crippen LogP contribution in [-0.2, 0) is 16.5 Å². The lowest BCUT2D eigenvalue weighted by molar-refractivity contribution is -0.188. The van der Waals surface area contributed by atoms with Gasteiger partial charge in [-0.3, -0.25) is 0 Å². The number of hydrogen-bond donors (Lipinski definition) is 0. The largest absolute Gasteiger partial charge is 0.743 e. The molecule has 0 saturated carbocycles. The standard InChI is InChI=1S/C20H13F5O3S/c21-19(22,23)18(20(24,25)29(26,27)28)15-7-3-5-11-8-9-14-13-6-2-1-4-12(13)10-16(14)17(11)15/h1-9,18H,10H2,(H,26,27,28)/p-1.